The van der Waals surface area contributed by atoms with Gasteiger partial charge >= 0.3 is 0 Å². The number of likely N-dealkylation sites (tertiary alicyclic amines) is 1. The molecule has 5 nitrogen and oxygen atoms in total. The summed E-state index contributed by atoms with van der Waals surface area (Å²) >= 11 is 12.0. The van der Waals surface area contributed by atoms with Crippen LogP contribution in [0, 0.1) is 0 Å². The van der Waals surface area contributed by atoms with Gasteiger partial charge in [0.25, 0.3) is 5.91 Å². The number of carbonyl (C=O) groups is 2. The maximum atomic E-state index is 12.7. The minimum Gasteiger partial charge on any atom is -0.479 e. The Morgan fingerprint density at radius 1 is 1.13 bits per heavy atom. The molecule has 0 aromatic heterocycles. The van der Waals surface area contributed by atoms with Gasteiger partial charge in [-0.25, -0.2) is 0 Å². The second kappa shape index (κ2) is 10.7. The van der Waals surface area contributed by atoms with Crippen LogP contribution in [0.3, 0.4) is 0 Å². The number of hydrogen-bond donors (Lipinski definition) is 1. The molecule has 2 amide bonds. The van der Waals surface area contributed by atoms with E-state index in [2.05, 4.69) is 5.32 Å². The van der Waals surface area contributed by atoms with E-state index in [0.717, 1.165) is 24.8 Å². The lowest BCUT2D eigenvalue weighted by atomic mass is 10.0. The van der Waals surface area contributed by atoms with Crippen LogP contribution in [0.4, 0.5) is 0 Å². The first-order chi connectivity index (χ1) is 14.4. The largest absolute Gasteiger partial charge is 0.479 e. The predicted octanol–water partition coefficient (Wildman–Crippen LogP) is 4.50. The second-order valence-corrected chi connectivity index (χ2v) is 8.33. The summed E-state index contributed by atoms with van der Waals surface area (Å²) in [5.74, 6) is 0.398. The van der Waals surface area contributed by atoms with E-state index in [9.17, 15) is 9.59 Å². The number of ether oxygens (including phenoxy) is 1. The van der Waals surface area contributed by atoms with Crippen molar-refractivity contribution >= 4 is 35.0 Å². The third kappa shape index (κ3) is 6.38. The summed E-state index contributed by atoms with van der Waals surface area (Å²) in [5, 5.41) is 3.98. The van der Waals surface area contributed by atoms with Crippen LogP contribution >= 0.6 is 23.2 Å². The molecular formula is C23H26Cl2N2O3. The zero-order chi connectivity index (χ0) is 21.5. The van der Waals surface area contributed by atoms with Crippen LogP contribution in [0.15, 0.2) is 48.5 Å². The molecule has 1 fully saturated rings. The highest BCUT2D eigenvalue weighted by Crippen LogP contribution is 2.28. The summed E-state index contributed by atoms with van der Waals surface area (Å²) in [6, 6.07) is 15.0. The van der Waals surface area contributed by atoms with Gasteiger partial charge in [0.2, 0.25) is 5.91 Å². The molecule has 1 N–H and O–H groups in total. The third-order valence-electron chi connectivity index (χ3n) is 5.20. The first kappa shape index (κ1) is 22.4. The van der Waals surface area contributed by atoms with Crippen molar-refractivity contribution in [1.82, 2.24) is 10.2 Å². The second-order valence-electron chi connectivity index (χ2n) is 7.49. The Morgan fingerprint density at radius 2 is 1.83 bits per heavy atom. The number of halogens is 2. The van der Waals surface area contributed by atoms with E-state index in [1.807, 2.05) is 30.3 Å². The average molecular weight is 449 g/mol. The van der Waals surface area contributed by atoms with Crippen LogP contribution < -0.4 is 10.1 Å². The van der Waals surface area contributed by atoms with Gasteiger partial charge in [-0.15, -0.1) is 0 Å². The maximum Gasteiger partial charge on any atom is 0.263 e. The zero-order valence-electron chi connectivity index (χ0n) is 16.9. The molecular weight excluding hydrogens is 423 g/mol. The molecule has 1 unspecified atom stereocenters. The number of aryl methyl sites for hydroxylation is 1. The van der Waals surface area contributed by atoms with Crippen LogP contribution in [-0.2, 0) is 16.0 Å². The lowest BCUT2D eigenvalue weighted by Crippen LogP contribution is -2.49. The molecule has 3 rings (SSSR count). The van der Waals surface area contributed by atoms with Crippen LogP contribution in [0.2, 0.25) is 10.0 Å². The number of piperidine rings is 1. The number of amides is 2. The minimum atomic E-state index is -0.652. The van der Waals surface area contributed by atoms with Crippen LogP contribution in [0.1, 0.15) is 31.7 Å². The average Bonchev–Trinajstić information content (AvgIpc) is 2.75. The quantitative estimate of drug-likeness (QED) is 0.677. The molecule has 0 spiro atoms. The van der Waals surface area contributed by atoms with E-state index in [1.54, 1.807) is 30.0 Å². The van der Waals surface area contributed by atoms with Gasteiger partial charge in [-0.1, -0.05) is 53.5 Å². The molecule has 1 saturated heterocycles. The number of hydrogen-bond acceptors (Lipinski definition) is 3. The summed E-state index contributed by atoms with van der Waals surface area (Å²) < 4.78 is 5.73. The third-order valence-corrected chi connectivity index (χ3v) is 5.73. The highest BCUT2D eigenvalue weighted by atomic mass is 35.5. The molecule has 1 aliphatic heterocycles. The van der Waals surface area contributed by atoms with Gasteiger partial charge in [0.05, 0.1) is 5.02 Å². The fraction of sp³-hybridized carbons (Fsp3) is 0.391. The summed E-state index contributed by atoms with van der Waals surface area (Å²) in [7, 11) is 0. The van der Waals surface area contributed by atoms with E-state index in [1.165, 1.54) is 0 Å². The number of benzene rings is 2. The number of rotatable bonds is 7. The molecule has 2 aromatic carbocycles. The van der Waals surface area contributed by atoms with Gasteiger partial charge in [-0.3, -0.25) is 9.59 Å². The van der Waals surface area contributed by atoms with E-state index < -0.39 is 6.10 Å². The van der Waals surface area contributed by atoms with Crippen molar-refractivity contribution in [2.24, 2.45) is 0 Å². The molecule has 160 valence electrons. The minimum absolute atomic E-state index is 0.0534. The molecule has 0 saturated carbocycles. The van der Waals surface area contributed by atoms with Gasteiger partial charge in [0.15, 0.2) is 6.10 Å². The highest BCUT2D eigenvalue weighted by Gasteiger charge is 2.28. The Morgan fingerprint density at radius 3 is 2.50 bits per heavy atom. The van der Waals surface area contributed by atoms with E-state index in [-0.39, 0.29) is 17.9 Å². The summed E-state index contributed by atoms with van der Waals surface area (Å²) in [5.41, 5.74) is 1.16. The molecule has 0 bridgehead atoms. The van der Waals surface area contributed by atoms with Gasteiger partial charge in [0, 0.05) is 30.6 Å². The van der Waals surface area contributed by atoms with E-state index >= 15 is 0 Å². The Bertz CT molecular complexity index is 868. The number of nitrogens with one attached hydrogen (secondary N) is 1. The van der Waals surface area contributed by atoms with Gasteiger partial charge in [-0.05, 0) is 49.9 Å². The maximum absolute atomic E-state index is 12.7. The molecule has 7 heteroatoms. The monoisotopic (exact) mass is 448 g/mol. The van der Waals surface area contributed by atoms with Crippen molar-refractivity contribution in [1.29, 1.82) is 0 Å². The van der Waals surface area contributed by atoms with E-state index in [0.29, 0.717) is 35.3 Å². The molecule has 30 heavy (non-hydrogen) atoms. The Balaban J connectivity index is 1.41. The summed E-state index contributed by atoms with van der Waals surface area (Å²) in [6.45, 7) is 2.89. The van der Waals surface area contributed by atoms with Gasteiger partial charge < -0.3 is 15.0 Å². The first-order valence-corrected chi connectivity index (χ1v) is 10.9. The standard InChI is InChI=1S/C23H26Cl2N2O3/c1-16(30-21-9-8-18(24)15-20(21)25)23(29)27-13-11-19(12-14-27)26-22(28)10-7-17-5-3-2-4-6-17/h2-6,8-9,15-16,19H,7,10-14H2,1H3,(H,26,28). The van der Waals surface area contributed by atoms with Crippen molar-refractivity contribution in [2.45, 2.75) is 44.8 Å². The number of carbonyl (C=O) groups excluding carboxylic acids is 2. The smallest absolute Gasteiger partial charge is 0.263 e. The zero-order valence-corrected chi connectivity index (χ0v) is 18.5. The fourth-order valence-electron chi connectivity index (χ4n) is 3.52. The molecule has 0 aliphatic carbocycles. The van der Waals surface area contributed by atoms with Crippen LogP contribution in [-0.4, -0.2) is 41.9 Å². The SMILES string of the molecule is CC(Oc1ccc(Cl)cc1Cl)C(=O)N1CCC(NC(=O)CCc2ccccc2)CC1. The first-order valence-electron chi connectivity index (χ1n) is 10.2. The molecule has 1 atom stereocenters. The van der Waals surface area contributed by atoms with Crippen molar-refractivity contribution in [3.63, 3.8) is 0 Å². The van der Waals surface area contributed by atoms with Crippen LogP contribution in [0.5, 0.6) is 5.75 Å². The lowest BCUT2D eigenvalue weighted by molar-refractivity contribution is -0.139. The van der Waals surface area contributed by atoms with Crippen molar-refractivity contribution in [3.8, 4) is 5.75 Å². The van der Waals surface area contributed by atoms with Crippen molar-refractivity contribution < 1.29 is 14.3 Å². The fourth-order valence-corrected chi connectivity index (χ4v) is 3.97. The molecule has 1 aliphatic rings. The lowest BCUT2D eigenvalue weighted by Gasteiger charge is -2.34. The Labute approximate surface area is 187 Å². The summed E-state index contributed by atoms with van der Waals surface area (Å²) in [4.78, 5) is 26.7. The van der Waals surface area contributed by atoms with Gasteiger partial charge in [0.1, 0.15) is 5.75 Å². The Kier molecular flexibility index (Phi) is 8.00. The summed E-state index contributed by atoms with van der Waals surface area (Å²) in [6.07, 6.45) is 2.01. The number of nitrogens with zero attached hydrogens (tertiary/aromatic N) is 1. The highest BCUT2D eigenvalue weighted by molar-refractivity contribution is 6.35. The Hall–Kier alpha value is -2.24. The van der Waals surface area contributed by atoms with E-state index in [4.69, 9.17) is 27.9 Å². The topological polar surface area (TPSA) is 58.6 Å². The predicted molar refractivity (Wildman–Crippen MR) is 119 cm³/mol. The van der Waals surface area contributed by atoms with Crippen molar-refractivity contribution in [2.75, 3.05) is 13.1 Å². The van der Waals surface area contributed by atoms with Crippen LogP contribution in [0.25, 0.3) is 0 Å². The molecule has 1 heterocycles. The van der Waals surface area contributed by atoms with Gasteiger partial charge in [-0.2, -0.15) is 0 Å². The van der Waals surface area contributed by atoms with Crippen molar-refractivity contribution in [3.05, 3.63) is 64.1 Å². The molecule has 0 radical (unpaired) electrons. The molecule has 2 aromatic rings. The normalized spacial score (nSPS) is 15.5.